The number of alkyl halides is 3. The molecule has 0 amide bonds. The standard InChI is InChI=1S/C15H26F3N7/c1-5-19-10-14(13-7-8-20-22-13)23-25(11-15(16,17)18)12(3)9-21-24(4)6-2/h7-8,10,12,21H,5-6,9,11H2,1-4H3,(H,20,22)/b19-10?,23-14+. The number of hydrogen-bond acceptors (Lipinski definition) is 6. The zero-order valence-corrected chi connectivity index (χ0v) is 15.0. The smallest absolute Gasteiger partial charge is 0.291 e. The van der Waals surface area contributed by atoms with Gasteiger partial charge >= 0.3 is 6.18 Å². The number of hydrazone groups is 1. The van der Waals surface area contributed by atoms with Crippen molar-refractivity contribution >= 4 is 11.9 Å². The van der Waals surface area contributed by atoms with E-state index in [0.717, 1.165) is 11.6 Å². The third-order valence-electron chi connectivity index (χ3n) is 3.39. The van der Waals surface area contributed by atoms with Crippen molar-refractivity contribution < 1.29 is 13.2 Å². The highest BCUT2D eigenvalue weighted by molar-refractivity contribution is 6.37. The van der Waals surface area contributed by atoms with Crippen LogP contribution < -0.4 is 5.43 Å². The molecule has 0 spiro atoms. The number of hydrogen-bond donors (Lipinski definition) is 2. The van der Waals surface area contributed by atoms with E-state index in [-0.39, 0.29) is 0 Å². The van der Waals surface area contributed by atoms with Gasteiger partial charge in [0.15, 0.2) is 0 Å². The first-order valence-electron chi connectivity index (χ1n) is 8.13. The van der Waals surface area contributed by atoms with Gasteiger partial charge in [-0.3, -0.25) is 20.5 Å². The molecule has 142 valence electrons. The van der Waals surface area contributed by atoms with E-state index in [1.807, 2.05) is 20.9 Å². The Balaban J connectivity index is 3.04. The van der Waals surface area contributed by atoms with Crippen molar-refractivity contribution in [2.75, 3.05) is 33.2 Å². The van der Waals surface area contributed by atoms with Gasteiger partial charge in [-0.15, -0.1) is 0 Å². The molecule has 1 unspecified atom stereocenters. The van der Waals surface area contributed by atoms with Crippen LogP contribution in [0.5, 0.6) is 0 Å². The van der Waals surface area contributed by atoms with Crippen molar-refractivity contribution in [2.45, 2.75) is 33.0 Å². The fourth-order valence-corrected chi connectivity index (χ4v) is 1.84. The minimum atomic E-state index is -4.37. The second kappa shape index (κ2) is 10.1. The maximum atomic E-state index is 13.0. The van der Waals surface area contributed by atoms with Crippen molar-refractivity contribution in [2.24, 2.45) is 10.1 Å². The fourth-order valence-electron chi connectivity index (χ4n) is 1.84. The topological polar surface area (TPSA) is 71.9 Å². The van der Waals surface area contributed by atoms with E-state index in [1.165, 1.54) is 12.4 Å². The van der Waals surface area contributed by atoms with Crippen LogP contribution in [0, 0.1) is 0 Å². The first-order valence-corrected chi connectivity index (χ1v) is 8.13. The van der Waals surface area contributed by atoms with Crippen LogP contribution in [0.15, 0.2) is 22.4 Å². The van der Waals surface area contributed by atoms with E-state index in [4.69, 9.17) is 0 Å². The molecule has 10 heteroatoms. The second-order valence-corrected chi connectivity index (χ2v) is 5.52. The first kappa shape index (κ1) is 21.1. The number of nitrogens with zero attached hydrogens (tertiary/aromatic N) is 5. The number of hydrazine groups is 1. The van der Waals surface area contributed by atoms with E-state index >= 15 is 0 Å². The molecule has 0 bridgehead atoms. The predicted octanol–water partition coefficient (Wildman–Crippen LogP) is 1.91. The average molecular weight is 361 g/mol. The monoisotopic (exact) mass is 361 g/mol. The molecule has 1 atom stereocenters. The van der Waals surface area contributed by atoms with Crippen molar-refractivity contribution in [3.8, 4) is 0 Å². The molecule has 0 aliphatic carbocycles. The van der Waals surface area contributed by atoms with E-state index in [9.17, 15) is 13.2 Å². The Morgan fingerprint density at radius 3 is 2.68 bits per heavy atom. The molecule has 1 aromatic heterocycles. The minimum absolute atomic E-state index is 0.305. The summed E-state index contributed by atoms with van der Waals surface area (Å²) < 4.78 is 38.9. The normalized spacial score (nSPS) is 14.5. The highest BCUT2D eigenvalue weighted by Gasteiger charge is 2.32. The molecule has 2 N–H and O–H groups in total. The maximum Gasteiger partial charge on any atom is 0.407 e. The summed E-state index contributed by atoms with van der Waals surface area (Å²) >= 11 is 0. The van der Waals surface area contributed by atoms with E-state index < -0.39 is 18.8 Å². The third kappa shape index (κ3) is 8.12. The molecule has 0 aromatic carbocycles. The van der Waals surface area contributed by atoms with Crippen LogP contribution in [0.25, 0.3) is 0 Å². The zero-order valence-electron chi connectivity index (χ0n) is 15.0. The lowest BCUT2D eigenvalue weighted by atomic mass is 10.3. The highest BCUT2D eigenvalue weighted by atomic mass is 19.4. The van der Waals surface area contributed by atoms with E-state index in [2.05, 4.69) is 25.7 Å². The van der Waals surface area contributed by atoms with Gasteiger partial charge < -0.3 is 0 Å². The zero-order chi connectivity index (χ0) is 18.9. The molecule has 1 heterocycles. The molecule has 1 aromatic rings. The summed E-state index contributed by atoms with van der Waals surface area (Å²) in [5, 5.41) is 13.6. The Hall–Kier alpha value is -1.94. The summed E-state index contributed by atoms with van der Waals surface area (Å²) in [6.07, 6.45) is -1.40. The number of H-pyrrole nitrogens is 1. The van der Waals surface area contributed by atoms with Gasteiger partial charge in [0.25, 0.3) is 0 Å². The molecule has 0 aliphatic rings. The Bertz CT molecular complexity index is 540. The summed E-state index contributed by atoms with van der Waals surface area (Å²) in [5.41, 5.74) is 3.87. The summed E-state index contributed by atoms with van der Waals surface area (Å²) in [4.78, 5) is 4.09. The van der Waals surface area contributed by atoms with Gasteiger partial charge in [-0.2, -0.15) is 23.4 Å². The predicted molar refractivity (Wildman–Crippen MR) is 92.7 cm³/mol. The Kier molecular flexibility index (Phi) is 8.56. The van der Waals surface area contributed by atoms with Gasteiger partial charge in [-0.1, -0.05) is 6.92 Å². The van der Waals surface area contributed by atoms with Crippen molar-refractivity contribution in [3.05, 3.63) is 18.0 Å². The SMILES string of the molecule is CCN=C/C(=N\N(CC(F)(F)F)C(C)CNN(C)CC)c1ccn[nH]1. The number of aliphatic imine (C=N–C) groups is 1. The summed E-state index contributed by atoms with van der Waals surface area (Å²) in [5.74, 6) is 0. The van der Waals surface area contributed by atoms with Gasteiger partial charge in [-0.05, 0) is 19.9 Å². The third-order valence-corrected chi connectivity index (χ3v) is 3.39. The van der Waals surface area contributed by atoms with Gasteiger partial charge in [0.05, 0.1) is 18.0 Å². The first-order chi connectivity index (χ1) is 11.8. The van der Waals surface area contributed by atoms with Gasteiger partial charge in [0, 0.05) is 32.9 Å². The van der Waals surface area contributed by atoms with Gasteiger partial charge in [0.2, 0.25) is 0 Å². The van der Waals surface area contributed by atoms with Crippen LogP contribution >= 0.6 is 0 Å². The molecule has 1 rings (SSSR count). The number of nitrogens with one attached hydrogen (secondary N) is 2. The van der Waals surface area contributed by atoms with Crippen molar-refractivity contribution in [1.29, 1.82) is 0 Å². The van der Waals surface area contributed by atoms with Crippen LogP contribution in [-0.2, 0) is 0 Å². The highest BCUT2D eigenvalue weighted by Crippen LogP contribution is 2.18. The number of aromatic nitrogens is 2. The molecule has 0 aliphatic heterocycles. The lowest BCUT2D eigenvalue weighted by molar-refractivity contribution is -0.150. The second-order valence-electron chi connectivity index (χ2n) is 5.52. The molecule has 7 nitrogen and oxygen atoms in total. The number of rotatable bonds is 10. The van der Waals surface area contributed by atoms with Crippen LogP contribution in [-0.4, -0.2) is 77.6 Å². The minimum Gasteiger partial charge on any atom is -0.291 e. The van der Waals surface area contributed by atoms with E-state index in [1.54, 1.807) is 18.0 Å². The summed E-state index contributed by atoms with van der Waals surface area (Å²) in [6.45, 7) is 5.88. The number of halogens is 3. The van der Waals surface area contributed by atoms with Crippen LogP contribution in [0.1, 0.15) is 26.5 Å². The molecule has 0 saturated heterocycles. The molecule has 0 saturated carbocycles. The van der Waals surface area contributed by atoms with Gasteiger partial charge in [0.1, 0.15) is 12.3 Å². The Labute approximate surface area is 146 Å². The Morgan fingerprint density at radius 1 is 1.44 bits per heavy atom. The molecular formula is C15H26F3N7. The molecular weight excluding hydrogens is 335 g/mol. The maximum absolute atomic E-state index is 13.0. The lowest BCUT2D eigenvalue weighted by Crippen LogP contribution is -2.46. The number of aromatic amines is 1. The average Bonchev–Trinajstić information content (AvgIpc) is 3.08. The quantitative estimate of drug-likeness (QED) is 0.493. The summed E-state index contributed by atoms with van der Waals surface area (Å²) in [6, 6.07) is 1.16. The van der Waals surface area contributed by atoms with E-state index in [0.29, 0.717) is 24.5 Å². The molecule has 0 fully saturated rings. The van der Waals surface area contributed by atoms with Crippen molar-refractivity contribution in [1.82, 2.24) is 25.6 Å². The largest absolute Gasteiger partial charge is 0.407 e. The fraction of sp³-hybridized carbons (Fsp3) is 0.667. The molecule has 0 radical (unpaired) electrons. The molecule has 25 heavy (non-hydrogen) atoms. The Morgan fingerprint density at radius 2 is 2.16 bits per heavy atom. The summed E-state index contributed by atoms with van der Waals surface area (Å²) in [7, 11) is 1.83. The van der Waals surface area contributed by atoms with Crippen LogP contribution in [0.4, 0.5) is 13.2 Å². The van der Waals surface area contributed by atoms with Crippen LogP contribution in [0.2, 0.25) is 0 Å². The van der Waals surface area contributed by atoms with Crippen molar-refractivity contribution in [3.63, 3.8) is 0 Å². The lowest BCUT2D eigenvalue weighted by Gasteiger charge is -2.29. The van der Waals surface area contributed by atoms with Gasteiger partial charge in [-0.25, -0.2) is 5.01 Å². The van der Waals surface area contributed by atoms with Crippen LogP contribution in [0.3, 0.4) is 0 Å².